The molecule has 0 aliphatic heterocycles. The van der Waals surface area contributed by atoms with Crippen molar-refractivity contribution in [2.75, 3.05) is 7.11 Å². The molecule has 160 valence electrons. The van der Waals surface area contributed by atoms with Crippen LogP contribution in [0.2, 0.25) is 0 Å². The fourth-order valence-corrected chi connectivity index (χ4v) is 5.07. The van der Waals surface area contributed by atoms with Gasteiger partial charge in [-0.25, -0.2) is 14.2 Å². The Labute approximate surface area is 185 Å². The molecule has 0 saturated carbocycles. The fourth-order valence-electron chi connectivity index (χ4n) is 3.56. The minimum Gasteiger partial charge on any atom is -0.494 e. The van der Waals surface area contributed by atoms with Crippen molar-refractivity contribution in [3.63, 3.8) is 0 Å². The number of aryl methyl sites for hydroxylation is 1. The van der Waals surface area contributed by atoms with Crippen molar-refractivity contribution >= 4 is 40.7 Å². The number of methoxy groups -OCH3 is 1. The number of thiophene rings is 1. The summed E-state index contributed by atoms with van der Waals surface area (Å²) in [6.07, 6.45) is 4.85. The molecule has 0 bridgehead atoms. The number of aromatic hydroxyl groups is 1. The Morgan fingerprint density at radius 3 is 2.74 bits per heavy atom. The number of aromatic nitrogens is 2. The number of aromatic amines is 1. The van der Waals surface area contributed by atoms with E-state index >= 15 is 0 Å². The molecule has 10 heteroatoms. The Balaban J connectivity index is 1.82. The first-order valence-corrected chi connectivity index (χ1v) is 10.7. The van der Waals surface area contributed by atoms with Crippen molar-refractivity contribution in [1.82, 2.24) is 9.55 Å². The second-order valence-electron chi connectivity index (χ2n) is 6.95. The molecule has 1 aliphatic rings. The van der Waals surface area contributed by atoms with E-state index < -0.39 is 23.2 Å². The highest BCUT2D eigenvalue weighted by Gasteiger charge is 2.26. The van der Waals surface area contributed by atoms with Gasteiger partial charge in [-0.1, -0.05) is 0 Å². The number of carbonyl (C=O) groups excluding carboxylic acids is 1. The summed E-state index contributed by atoms with van der Waals surface area (Å²) in [6, 6.07) is 5.28. The summed E-state index contributed by atoms with van der Waals surface area (Å²) >= 11 is 6.54. The molecule has 0 saturated heterocycles. The van der Waals surface area contributed by atoms with E-state index in [1.54, 1.807) is 0 Å². The van der Waals surface area contributed by atoms with Gasteiger partial charge in [-0.05, 0) is 67.7 Å². The average Bonchev–Trinajstić information content (AvgIpc) is 3.12. The number of ether oxygens (including phenoxy) is 1. The molecule has 1 aromatic carbocycles. The number of hydrogen-bond donors (Lipinski definition) is 2. The molecule has 7 nitrogen and oxygen atoms in total. The van der Waals surface area contributed by atoms with Gasteiger partial charge in [0.25, 0.3) is 5.56 Å². The number of halogens is 1. The van der Waals surface area contributed by atoms with Crippen LogP contribution in [-0.2, 0) is 17.6 Å². The lowest BCUT2D eigenvalue weighted by Crippen LogP contribution is -2.18. The van der Waals surface area contributed by atoms with Crippen LogP contribution in [0.15, 0.2) is 34.1 Å². The Morgan fingerprint density at radius 2 is 2.03 bits per heavy atom. The second-order valence-corrected chi connectivity index (χ2v) is 8.42. The number of fused-ring (bicyclic) bond motifs is 1. The molecule has 4 rings (SSSR count). The van der Waals surface area contributed by atoms with Gasteiger partial charge in [-0.2, -0.15) is 0 Å². The number of hydrogen-bond acceptors (Lipinski definition) is 7. The monoisotopic (exact) mass is 459 g/mol. The minimum absolute atomic E-state index is 0.0481. The number of esters is 1. The third kappa shape index (κ3) is 3.96. The summed E-state index contributed by atoms with van der Waals surface area (Å²) in [5, 5.41) is 11.2. The van der Waals surface area contributed by atoms with Gasteiger partial charge in [0.2, 0.25) is 5.88 Å². The van der Waals surface area contributed by atoms with E-state index in [-0.39, 0.29) is 10.3 Å². The topological polar surface area (TPSA) is 96.7 Å². The lowest BCUT2D eigenvalue weighted by Gasteiger charge is -2.11. The van der Waals surface area contributed by atoms with Crippen LogP contribution in [0.5, 0.6) is 5.88 Å². The first-order valence-electron chi connectivity index (χ1n) is 9.52. The van der Waals surface area contributed by atoms with E-state index in [2.05, 4.69) is 9.98 Å². The van der Waals surface area contributed by atoms with Gasteiger partial charge in [0.1, 0.15) is 16.4 Å². The normalized spacial score (nSPS) is 13.4. The Morgan fingerprint density at radius 1 is 1.32 bits per heavy atom. The molecule has 0 fully saturated rings. The summed E-state index contributed by atoms with van der Waals surface area (Å²) in [5.41, 5.74) is 0.943. The standard InChI is InChI=1S/C21H18FN3O4S2/c1-29-20(28)16-13-4-2-3-5-15(13)31-18(16)23-10-14-17(26)24-21(30)25(19(14)27)12-8-6-11(22)7-9-12/h6-10,27H,2-5H2,1H3,(H,24,26,30)/b23-10+. The Kier molecular flexibility index (Phi) is 5.84. The highest BCUT2D eigenvalue weighted by atomic mass is 32.1. The van der Waals surface area contributed by atoms with Crippen molar-refractivity contribution in [2.45, 2.75) is 25.7 Å². The maximum Gasteiger partial charge on any atom is 0.341 e. The maximum absolute atomic E-state index is 13.3. The molecular formula is C21H18FN3O4S2. The molecule has 1 aliphatic carbocycles. The largest absolute Gasteiger partial charge is 0.494 e. The lowest BCUT2D eigenvalue weighted by atomic mass is 9.95. The third-order valence-corrected chi connectivity index (χ3v) is 6.54. The molecule has 0 radical (unpaired) electrons. The molecule has 31 heavy (non-hydrogen) atoms. The van der Waals surface area contributed by atoms with Crippen LogP contribution in [-0.4, -0.2) is 34.0 Å². The van der Waals surface area contributed by atoms with Gasteiger partial charge in [-0.15, -0.1) is 11.3 Å². The van der Waals surface area contributed by atoms with Crippen molar-refractivity contribution in [1.29, 1.82) is 0 Å². The fraction of sp³-hybridized carbons (Fsp3) is 0.238. The SMILES string of the molecule is COC(=O)c1c(/N=C/c2c(O)n(-c3ccc(F)cc3)c(=S)[nH]c2=O)sc2c1CCCC2. The van der Waals surface area contributed by atoms with Crippen LogP contribution in [0, 0.1) is 10.6 Å². The molecule has 2 N–H and O–H groups in total. The minimum atomic E-state index is -0.634. The summed E-state index contributed by atoms with van der Waals surface area (Å²) in [7, 11) is 1.31. The van der Waals surface area contributed by atoms with Crippen LogP contribution in [0.1, 0.15) is 39.2 Å². The van der Waals surface area contributed by atoms with Crippen LogP contribution in [0.3, 0.4) is 0 Å². The molecule has 2 aromatic heterocycles. The van der Waals surface area contributed by atoms with E-state index in [9.17, 15) is 19.1 Å². The molecule has 0 atom stereocenters. The van der Waals surface area contributed by atoms with Crippen molar-refractivity contribution in [3.05, 3.63) is 66.8 Å². The Hall–Kier alpha value is -3.11. The van der Waals surface area contributed by atoms with Gasteiger partial charge in [0, 0.05) is 11.1 Å². The lowest BCUT2D eigenvalue weighted by molar-refractivity contribution is 0.0601. The number of carbonyl (C=O) groups is 1. The van der Waals surface area contributed by atoms with Gasteiger partial charge in [0.05, 0.1) is 18.4 Å². The van der Waals surface area contributed by atoms with E-state index in [1.807, 2.05) is 0 Å². The number of H-pyrrole nitrogens is 1. The van der Waals surface area contributed by atoms with Gasteiger partial charge in [0.15, 0.2) is 4.77 Å². The maximum atomic E-state index is 13.3. The number of nitrogens with one attached hydrogen (secondary N) is 1. The van der Waals surface area contributed by atoms with E-state index in [4.69, 9.17) is 17.0 Å². The zero-order chi connectivity index (χ0) is 22.1. The average molecular weight is 460 g/mol. The van der Waals surface area contributed by atoms with Crippen LogP contribution in [0.25, 0.3) is 5.69 Å². The van der Waals surface area contributed by atoms with Gasteiger partial charge < -0.3 is 9.84 Å². The predicted octanol–water partition coefficient (Wildman–Crippen LogP) is 4.22. The highest BCUT2D eigenvalue weighted by Crippen LogP contribution is 2.40. The third-order valence-electron chi connectivity index (χ3n) is 5.06. The van der Waals surface area contributed by atoms with Crippen LogP contribution >= 0.6 is 23.6 Å². The number of aliphatic imine (C=N–C) groups is 1. The van der Waals surface area contributed by atoms with E-state index in [1.165, 1.54) is 53.5 Å². The summed E-state index contributed by atoms with van der Waals surface area (Å²) in [6.45, 7) is 0. The van der Waals surface area contributed by atoms with Crippen LogP contribution in [0.4, 0.5) is 9.39 Å². The summed E-state index contributed by atoms with van der Waals surface area (Å²) in [4.78, 5) is 32.7. The highest BCUT2D eigenvalue weighted by molar-refractivity contribution is 7.71. The number of nitrogens with zero attached hydrogens (tertiary/aromatic N) is 2. The molecule has 3 aromatic rings. The van der Waals surface area contributed by atoms with Crippen molar-refractivity contribution < 1.29 is 19.0 Å². The summed E-state index contributed by atoms with van der Waals surface area (Å²) < 4.78 is 19.4. The Bertz CT molecular complexity index is 1310. The van der Waals surface area contributed by atoms with Gasteiger partial charge >= 0.3 is 5.97 Å². The predicted molar refractivity (Wildman–Crippen MR) is 118 cm³/mol. The van der Waals surface area contributed by atoms with Crippen molar-refractivity contribution in [2.24, 2.45) is 4.99 Å². The number of rotatable bonds is 4. The van der Waals surface area contributed by atoms with Gasteiger partial charge in [-0.3, -0.25) is 14.3 Å². The van der Waals surface area contributed by atoms with E-state index in [0.29, 0.717) is 16.3 Å². The molecule has 0 unspecified atom stereocenters. The molecule has 0 spiro atoms. The zero-order valence-corrected chi connectivity index (χ0v) is 18.1. The first-order chi connectivity index (χ1) is 14.9. The molecule has 0 amide bonds. The van der Waals surface area contributed by atoms with Crippen molar-refractivity contribution in [3.8, 4) is 11.6 Å². The number of benzene rings is 1. The smallest absolute Gasteiger partial charge is 0.341 e. The molecular weight excluding hydrogens is 441 g/mol. The summed E-state index contributed by atoms with van der Waals surface area (Å²) in [5.74, 6) is -1.37. The quantitative estimate of drug-likeness (QED) is 0.346. The van der Waals surface area contributed by atoms with Crippen LogP contribution < -0.4 is 5.56 Å². The first kappa shape index (κ1) is 21.1. The van der Waals surface area contributed by atoms with E-state index in [0.717, 1.165) is 36.1 Å². The zero-order valence-electron chi connectivity index (χ0n) is 16.5. The second kappa shape index (κ2) is 8.56. The molecule has 2 heterocycles.